The first kappa shape index (κ1) is 14.6. The molecule has 2 aromatic rings. The molecule has 2 N–H and O–H groups in total. The van der Waals surface area contributed by atoms with E-state index in [1.54, 1.807) is 12.1 Å². The van der Waals surface area contributed by atoms with Crippen molar-refractivity contribution in [3.05, 3.63) is 46.0 Å². The predicted molar refractivity (Wildman–Crippen MR) is 80.6 cm³/mol. The molecular formula is C13H12Cl2N4O. The van der Waals surface area contributed by atoms with Crippen LogP contribution in [0.5, 0.6) is 0 Å². The van der Waals surface area contributed by atoms with Crippen LogP contribution in [0, 0.1) is 13.8 Å². The molecule has 2 heterocycles. The van der Waals surface area contributed by atoms with Crippen molar-refractivity contribution in [3.8, 4) is 0 Å². The normalized spacial score (nSPS) is 10.2. The van der Waals surface area contributed by atoms with Crippen LogP contribution in [0.4, 0.5) is 16.2 Å². The summed E-state index contributed by atoms with van der Waals surface area (Å²) in [6, 6.07) is 6.18. The van der Waals surface area contributed by atoms with Gasteiger partial charge in [-0.2, -0.15) is 0 Å². The van der Waals surface area contributed by atoms with Crippen molar-refractivity contribution in [2.45, 2.75) is 13.8 Å². The first-order valence-corrected chi connectivity index (χ1v) is 6.54. The number of carbonyl (C=O) groups is 1. The van der Waals surface area contributed by atoms with Crippen molar-refractivity contribution in [3.63, 3.8) is 0 Å². The molecule has 0 aliphatic rings. The van der Waals surface area contributed by atoms with E-state index < -0.39 is 6.03 Å². The first-order chi connectivity index (χ1) is 9.42. The predicted octanol–water partition coefficient (Wildman–Crippen LogP) is 4.04. The summed E-state index contributed by atoms with van der Waals surface area (Å²) >= 11 is 11.5. The number of nitrogens with zero attached hydrogens (tertiary/aromatic N) is 2. The quantitative estimate of drug-likeness (QED) is 0.822. The maximum absolute atomic E-state index is 11.9. The smallest absolute Gasteiger partial charge is 0.308 e. The number of aromatic nitrogens is 2. The highest BCUT2D eigenvalue weighted by Gasteiger charge is 2.06. The first-order valence-electron chi connectivity index (χ1n) is 5.79. The van der Waals surface area contributed by atoms with E-state index in [2.05, 4.69) is 20.6 Å². The highest BCUT2D eigenvalue weighted by atomic mass is 35.5. The van der Waals surface area contributed by atoms with E-state index in [1.165, 1.54) is 12.1 Å². The zero-order chi connectivity index (χ0) is 14.7. The molecule has 20 heavy (non-hydrogen) atoms. The number of urea groups is 1. The molecule has 2 amide bonds. The van der Waals surface area contributed by atoms with Gasteiger partial charge in [-0.05, 0) is 38.1 Å². The van der Waals surface area contributed by atoms with Crippen LogP contribution < -0.4 is 10.6 Å². The molecular weight excluding hydrogens is 299 g/mol. The Morgan fingerprint density at radius 3 is 1.85 bits per heavy atom. The van der Waals surface area contributed by atoms with Gasteiger partial charge in [0.05, 0.1) is 0 Å². The lowest BCUT2D eigenvalue weighted by molar-refractivity contribution is 0.262. The lowest BCUT2D eigenvalue weighted by Gasteiger charge is -2.09. The highest BCUT2D eigenvalue weighted by molar-refractivity contribution is 6.33. The Morgan fingerprint density at radius 2 is 1.35 bits per heavy atom. The van der Waals surface area contributed by atoms with E-state index in [0.717, 1.165) is 11.4 Å². The number of carbonyl (C=O) groups excluding carboxylic acids is 1. The van der Waals surface area contributed by atoms with Gasteiger partial charge >= 0.3 is 6.03 Å². The number of rotatable bonds is 2. The van der Waals surface area contributed by atoms with Gasteiger partial charge in [-0.15, -0.1) is 0 Å². The molecule has 0 spiro atoms. The summed E-state index contributed by atoms with van der Waals surface area (Å²) in [5.74, 6) is 0. The number of halogens is 2. The van der Waals surface area contributed by atoms with Crippen molar-refractivity contribution < 1.29 is 4.79 Å². The second-order valence-corrected chi connectivity index (χ2v) is 4.99. The lowest BCUT2D eigenvalue weighted by atomic mass is 10.3. The standard InChI is InChI=1S/C13H12Cl2N4O/c1-7-3-9(4-8(2)16-7)17-13(20)18-10-5-11(14)19-12(15)6-10/h3-6H,1-2H3,(H2,16,17,18,19,20). The fourth-order valence-electron chi connectivity index (χ4n) is 1.74. The molecule has 0 unspecified atom stereocenters. The van der Waals surface area contributed by atoms with Gasteiger partial charge in [0.2, 0.25) is 0 Å². The summed E-state index contributed by atoms with van der Waals surface area (Å²) in [5.41, 5.74) is 2.79. The van der Waals surface area contributed by atoms with Gasteiger partial charge in [0.15, 0.2) is 0 Å². The van der Waals surface area contributed by atoms with Crippen molar-refractivity contribution >= 4 is 40.6 Å². The summed E-state index contributed by atoms with van der Waals surface area (Å²) in [5, 5.41) is 5.77. The van der Waals surface area contributed by atoms with Crippen LogP contribution in [0.1, 0.15) is 11.4 Å². The van der Waals surface area contributed by atoms with Gasteiger partial charge < -0.3 is 10.6 Å². The fourth-order valence-corrected chi connectivity index (χ4v) is 2.20. The fraction of sp³-hybridized carbons (Fsp3) is 0.154. The molecule has 5 nitrogen and oxygen atoms in total. The number of nitrogens with one attached hydrogen (secondary N) is 2. The lowest BCUT2D eigenvalue weighted by Crippen LogP contribution is -2.19. The highest BCUT2D eigenvalue weighted by Crippen LogP contribution is 2.19. The van der Waals surface area contributed by atoms with E-state index in [9.17, 15) is 4.79 Å². The average Bonchev–Trinajstić information content (AvgIpc) is 2.24. The SMILES string of the molecule is Cc1cc(NC(=O)Nc2cc(Cl)nc(Cl)c2)cc(C)n1. The topological polar surface area (TPSA) is 66.9 Å². The minimum Gasteiger partial charge on any atom is -0.308 e. The zero-order valence-corrected chi connectivity index (χ0v) is 12.4. The van der Waals surface area contributed by atoms with E-state index in [-0.39, 0.29) is 10.3 Å². The average molecular weight is 311 g/mol. The number of hydrogen-bond donors (Lipinski definition) is 2. The monoisotopic (exact) mass is 310 g/mol. The van der Waals surface area contributed by atoms with E-state index >= 15 is 0 Å². The van der Waals surface area contributed by atoms with Crippen molar-refractivity contribution in [1.82, 2.24) is 9.97 Å². The maximum Gasteiger partial charge on any atom is 0.323 e. The Morgan fingerprint density at radius 1 is 0.900 bits per heavy atom. The van der Waals surface area contributed by atoms with Gasteiger partial charge in [0, 0.05) is 22.8 Å². The Kier molecular flexibility index (Phi) is 4.42. The molecule has 0 aromatic carbocycles. The third kappa shape index (κ3) is 4.08. The summed E-state index contributed by atoms with van der Waals surface area (Å²) in [7, 11) is 0. The Labute approximate surface area is 126 Å². The molecule has 0 radical (unpaired) electrons. The van der Waals surface area contributed by atoms with E-state index in [0.29, 0.717) is 11.4 Å². The number of hydrogen-bond acceptors (Lipinski definition) is 3. The van der Waals surface area contributed by atoms with Crippen molar-refractivity contribution in [1.29, 1.82) is 0 Å². The Hall–Kier alpha value is -1.85. The second-order valence-electron chi connectivity index (χ2n) is 4.22. The zero-order valence-electron chi connectivity index (χ0n) is 10.9. The summed E-state index contributed by atoms with van der Waals surface area (Å²) in [6.45, 7) is 3.72. The second kappa shape index (κ2) is 6.07. The molecule has 0 saturated heterocycles. The van der Waals surface area contributed by atoms with Gasteiger partial charge in [0.1, 0.15) is 10.3 Å². The van der Waals surface area contributed by atoms with Crippen LogP contribution in [0.25, 0.3) is 0 Å². The molecule has 0 atom stereocenters. The largest absolute Gasteiger partial charge is 0.323 e. The van der Waals surface area contributed by atoms with Crippen LogP contribution in [-0.2, 0) is 0 Å². The molecule has 0 bridgehead atoms. The van der Waals surface area contributed by atoms with E-state index in [4.69, 9.17) is 23.2 Å². The number of pyridine rings is 2. The van der Waals surface area contributed by atoms with E-state index in [1.807, 2.05) is 13.8 Å². The third-order valence-corrected chi connectivity index (χ3v) is 2.75. The molecule has 2 rings (SSSR count). The Balaban J connectivity index is 2.08. The molecule has 2 aromatic heterocycles. The van der Waals surface area contributed by atoms with Crippen LogP contribution in [0.15, 0.2) is 24.3 Å². The number of aryl methyl sites for hydroxylation is 2. The molecule has 7 heteroatoms. The molecule has 0 saturated carbocycles. The minimum atomic E-state index is -0.395. The molecule has 0 aliphatic heterocycles. The van der Waals surface area contributed by atoms with Crippen molar-refractivity contribution in [2.75, 3.05) is 10.6 Å². The summed E-state index contributed by atoms with van der Waals surface area (Å²) in [4.78, 5) is 19.9. The summed E-state index contributed by atoms with van der Waals surface area (Å²) < 4.78 is 0. The van der Waals surface area contributed by atoms with Crippen LogP contribution in [0.3, 0.4) is 0 Å². The van der Waals surface area contributed by atoms with Gasteiger partial charge in [-0.1, -0.05) is 23.2 Å². The van der Waals surface area contributed by atoms with Crippen LogP contribution in [0.2, 0.25) is 10.3 Å². The summed E-state index contributed by atoms with van der Waals surface area (Å²) in [6.07, 6.45) is 0. The Bertz CT molecular complexity index is 565. The van der Waals surface area contributed by atoms with Gasteiger partial charge in [0.25, 0.3) is 0 Å². The molecule has 104 valence electrons. The number of anilines is 2. The third-order valence-electron chi connectivity index (χ3n) is 2.36. The van der Waals surface area contributed by atoms with Gasteiger partial charge in [-0.3, -0.25) is 4.98 Å². The number of amides is 2. The van der Waals surface area contributed by atoms with Crippen LogP contribution in [-0.4, -0.2) is 16.0 Å². The van der Waals surface area contributed by atoms with Crippen molar-refractivity contribution in [2.24, 2.45) is 0 Å². The minimum absolute atomic E-state index is 0.211. The molecule has 0 aliphatic carbocycles. The molecule has 0 fully saturated rings. The van der Waals surface area contributed by atoms with Gasteiger partial charge in [-0.25, -0.2) is 9.78 Å². The maximum atomic E-state index is 11.9. The van der Waals surface area contributed by atoms with Crippen LogP contribution >= 0.6 is 23.2 Å².